The lowest BCUT2D eigenvalue weighted by molar-refractivity contribution is -0.192. The topological polar surface area (TPSA) is 186 Å². The maximum Gasteiger partial charge on any atom is 0.469 e. The van der Waals surface area contributed by atoms with Crippen molar-refractivity contribution in [1.82, 2.24) is 19.5 Å². The molecule has 150 valence electrons. The SMILES string of the molecule is CC1(O)[C@](C)(n2cnc3c(N)ncnc32)O[C@](C)(COP(=O)(O)O)[C@]1(C)O. The molecule has 0 aliphatic carbocycles. The van der Waals surface area contributed by atoms with Crippen LogP contribution in [0.25, 0.3) is 11.2 Å². The number of anilines is 1. The summed E-state index contributed by atoms with van der Waals surface area (Å²) in [5.74, 6) is 0.124. The standard InChI is InChI=1S/C14H22N5O7P/c1-11(5-25-27(22,23)24)12(2,20)13(3,21)14(4,26-11)19-7-18-8-9(15)16-6-17-10(8)19/h6-7,20-21H,5H2,1-4H3,(H2,15,16,17)(H2,22,23,24)/t11-,12+,13?,14-/m1/s1. The van der Waals surface area contributed by atoms with Gasteiger partial charge in [0.1, 0.15) is 28.6 Å². The molecule has 4 atom stereocenters. The fourth-order valence-corrected chi connectivity index (χ4v) is 3.84. The second-order valence-corrected chi connectivity index (χ2v) is 8.51. The van der Waals surface area contributed by atoms with E-state index in [1.54, 1.807) is 0 Å². The molecule has 1 unspecified atom stereocenters. The van der Waals surface area contributed by atoms with Crippen LogP contribution in [0.4, 0.5) is 5.82 Å². The van der Waals surface area contributed by atoms with E-state index in [0.717, 1.165) is 0 Å². The van der Waals surface area contributed by atoms with E-state index in [0.29, 0.717) is 0 Å². The average molecular weight is 403 g/mol. The predicted molar refractivity (Wildman–Crippen MR) is 92.1 cm³/mol. The maximum absolute atomic E-state index is 11.3. The fourth-order valence-electron chi connectivity index (χ4n) is 3.43. The molecule has 0 amide bonds. The first kappa shape index (κ1) is 20.1. The van der Waals surface area contributed by atoms with Gasteiger partial charge in [0.25, 0.3) is 0 Å². The first-order valence-corrected chi connectivity index (χ1v) is 9.48. The van der Waals surface area contributed by atoms with Crippen molar-refractivity contribution in [2.75, 3.05) is 12.3 Å². The molecule has 2 aromatic heterocycles. The van der Waals surface area contributed by atoms with Crippen LogP contribution in [0.2, 0.25) is 0 Å². The average Bonchev–Trinajstić information content (AvgIpc) is 3.01. The van der Waals surface area contributed by atoms with E-state index < -0.39 is 37.0 Å². The van der Waals surface area contributed by atoms with Gasteiger partial charge in [-0.3, -0.25) is 9.09 Å². The van der Waals surface area contributed by atoms with E-state index in [1.165, 1.54) is 44.9 Å². The minimum absolute atomic E-state index is 0.124. The molecule has 1 aliphatic heterocycles. The summed E-state index contributed by atoms with van der Waals surface area (Å²) in [5, 5.41) is 22.4. The lowest BCUT2D eigenvalue weighted by Crippen LogP contribution is -2.63. The molecule has 1 fully saturated rings. The Morgan fingerprint density at radius 2 is 1.81 bits per heavy atom. The molecule has 12 nitrogen and oxygen atoms in total. The number of ether oxygens (including phenoxy) is 1. The van der Waals surface area contributed by atoms with E-state index in [1.807, 2.05) is 0 Å². The van der Waals surface area contributed by atoms with Gasteiger partial charge >= 0.3 is 7.82 Å². The van der Waals surface area contributed by atoms with Crippen LogP contribution in [0.5, 0.6) is 0 Å². The Balaban J connectivity index is 2.14. The molecule has 13 heteroatoms. The summed E-state index contributed by atoms with van der Waals surface area (Å²) in [5.41, 5.74) is -0.956. The van der Waals surface area contributed by atoms with Crippen molar-refractivity contribution < 1.29 is 33.8 Å². The lowest BCUT2D eigenvalue weighted by atomic mass is 9.73. The fraction of sp³-hybridized carbons (Fsp3) is 0.643. The molecule has 27 heavy (non-hydrogen) atoms. The van der Waals surface area contributed by atoms with Crippen molar-refractivity contribution >= 4 is 24.8 Å². The summed E-state index contributed by atoms with van der Waals surface area (Å²) >= 11 is 0. The third-order valence-electron chi connectivity index (χ3n) is 5.63. The molecule has 0 aromatic carbocycles. The molecule has 2 aromatic rings. The Morgan fingerprint density at radius 3 is 2.41 bits per heavy atom. The predicted octanol–water partition coefficient (Wildman–Crippen LogP) is -0.519. The second-order valence-electron chi connectivity index (χ2n) is 7.27. The zero-order chi connectivity index (χ0) is 20.5. The number of aromatic nitrogens is 4. The number of fused-ring (bicyclic) bond motifs is 1. The van der Waals surface area contributed by atoms with Crippen LogP contribution in [0.3, 0.4) is 0 Å². The number of aliphatic hydroxyl groups is 2. The second kappa shape index (κ2) is 5.67. The third-order valence-corrected chi connectivity index (χ3v) is 6.10. The quantitative estimate of drug-likeness (QED) is 0.414. The largest absolute Gasteiger partial charge is 0.469 e. The van der Waals surface area contributed by atoms with Crippen molar-refractivity contribution in [1.29, 1.82) is 0 Å². The molecule has 0 saturated carbocycles. The Kier molecular flexibility index (Phi) is 4.22. The molecule has 1 saturated heterocycles. The van der Waals surface area contributed by atoms with E-state index in [-0.39, 0.29) is 17.0 Å². The third kappa shape index (κ3) is 2.68. The molecule has 6 N–H and O–H groups in total. The summed E-state index contributed by atoms with van der Waals surface area (Å²) in [6.45, 7) is 4.82. The lowest BCUT2D eigenvalue weighted by Gasteiger charge is -2.42. The van der Waals surface area contributed by atoms with Crippen LogP contribution in [-0.4, -0.2) is 62.9 Å². The van der Waals surface area contributed by atoms with E-state index in [4.69, 9.17) is 20.3 Å². The van der Waals surface area contributed by atoms with Gasteiger partial charge in [0.15, 0.2) is 17.2 Å². The van der Waals surface area contributed by atoms with Gasteiger partial charge in [-0.05, 0) is 27.7 Å². The van der Waals surface area contributed by atoms with Gasteiger partial charge in [0.2, 0.25) is 0 Å². The molecule has 0 bridgehead atoms. The number of phosphoric acid groups is 1. The number of nitrogens with zero attached hydrogens (tertiary/aromatic N) is 4. The van der Waals surface area contributed by atoms with Gasteiger partial charge in [0, 0.05) is 0 Å². The Labute approximate surface area is 154 Å². The highest BCUT2D eigenvalue weighted by Crippen LogP contribution is 2.56. The van der Waals surface area contributed by atoms with Crippen LogP contribution in [0.15, 0.2) is 12.7 Å². The Hall–Kier alpha value is -1.66. The Bertz CT molecular complexity index is 941. The normalized spacial score (nSPS) is 37.2. The van der Waals surface area contributed by atoms with Gasteiger partial charge in [0.05, 0.1) is 12.9 Å². The summed E-state index contributed by atoms with van der Waals surface area (Å²) < 4.78 is 23.1. The number of hydrogen-bond acceptors (Lipinski definition) is 9. The van der Waals surface area contributed by atoms with E-state index >= 15 is 0 Å². The van der Waals surface area contributed by atoms with Crippen LogP contribution in [0.1, 0.15) is 27.7 Å². The van der Waals surface area contributed by atoms with Gasteiger partial charge in [-0.25, -0.2) is 19.5 Å². The molecule has 0 spiro atoms. The Morgan fingerprint density at radius 1 is 1.19 bits per heavy atom. The van der Waals surface area contributed by atoms with Gasteiger partial charge in [-0.1, -0.05) is 0 Å². The highest BCUT2D eigenvalue weighted by atomic mass is 31.2. The summed E-state index contributed by atoms with van der Waals surface area (Å²) in [6.07, 6.45) is 2.55. The van der Waals surface area contributed by atoms with Crippen molar-refractivity contribution in [2.45, 2.75) is 50.2 Å². The number of nitrogen functional groups attached to an aromatic ring is 1. The number of imidazole rings is 1. The van der Waals surface area contributed by atoms with Crippen molar-refractivity contribution in [2.24, 2.45) is 0 Å². The number of nitrogens with two attached hydrogens (primary N) is 1. The molecule has 3 rings (SSSR count). The first-order chi connectivity index (χ1) is 12.2. The summed E-state index contributed by atoms with van der Waals surface area (Å²) in [7, 11) is -4.84. The minimum atomic E-state index is -4.84. The summed E-state index contributed by atoms with van der Waals surface area (Å²) in [6, 6.07) is 0. The van der Waals surface area contributed by atoms with E-state index in [9.17, 15) is 14.8 Å². The van der Waals surface area contributed by atoms with Crippen LogP contribution in [-0.2, 0) is 19.6 Å². The molecular formula is C14H22N5O7P. The number of hydrogen-bond donors (Lipinski definition) is 5. The molecule has 1 aliphatic rings. The summed E-state index contributed by atoms with van der Waals surface area (Å²) in [4.78, 5) is 30.2. The first-order valence-electron chi connectivity index (χ1n) is 7.95. The molecular weight excluding hydrogens is 381 g/mol. The van der Waals surface area contributed by atoms with Crippen molar-refractivity contribution in [3.8, 4) is 0 Å². The smallest absolute Gasteiger partial charge is 0.384 e. The highest BCUT2D eigenvalue weighted by Gasteiger charge is 2.73. The highest BCUT2D eigenvalue weighted by molar-refractivity contribution is 7.46. The van der Waals surface area contributed by atoms with Crippen LogP contribution < -0.4 is 5.73 Å². The van der Waals surface area contributed by atoms with Crippen LogP contribution >= 0.6 is 7.82 Å². The van der Waals surface area contributed by atoms with Crippen LogP contribution in [0, 0.1) is 0 Å². The molecule has 3 heterocycles. The number of phosphoric ester groups is 1. The van der Waals surface area contributed by atoms with Crippen molar-refractivity contribution in [3.05, 3.63) is 12.7 Å². The number of rotatable bonds is 4. The monoisotopic (exact) mass is 403 g/mol. The zero-order valence-corrected chi connectivity index (χ0v) is 16.1. The zero-order valence-electron chi connectivity index (χ0n) is 15.2. The van der Waals surface area contributed by atoms with Gasteiger partial charge in [-0.15, -0.1) is 0 Å². The molecule has 0 radical (unpaired) electrons. The van der Waals surface area contributed by atoms with Gasteiger partial charge in [-0.2, -0.15) is 0 Å². The minimum Gasteiger partial charge on any atom is -0.384 e. The van der Waals surface area contributed by atoms with Gasteiger partial charge < -0.3 is 30.5 Å². The van der Waals surface area contributed by atoms with E-state index in [2.05, 4.69) is 19.5 Å². The van der Waals surface area contributed by atoms with Crippen molar-refractivity contribution in [3.63, 3.8) is 0 Å². The maximum atomic E-state index is 11.3.